The highest BCUT2D eigenvalue weighted by Gasteiger charge is 2.38. The fourth-order valence-corrected chi connectivity index (χ4v) is 2.21. The van der Waals surface area contributed by atoms with Crippen LogP contribution in [0.15, 0.2) is 32.5 Å². The second-order valence-electron chi connectivity index (χ2n) is 3.95. The number of furan rings is 1. The minimum absolute atomic E-state index is 0.0842. The van der Waals surface area contributed by atoms with E-state index in [0.717, 1.165) is 11.8 Å². The van der Waals surface area contributed by atoms with E-state index in [1.54, 1.807) is 12.1 Å². The van der Waals surface area contributed by atoms with Crippen molar-refractivity contribution in [2.75, 3.05) is 5.84 Å². The number of alkyl halides is 3. The molecule has 0 radical (unpaired) electrons. The minimum Gasteiger partial charge on any atom is -0.461 e. The Kier molecular flexibility index (Phi) is 3.52. The third-order valence-electron chi connectivity index (χ3n) is 2.45. The van der Waals surface area contributed by atoms with Gasteiger partial charge in [-0.15, -0.1) is 10.2 Å². The molecule has 0 aliphatic heterocycles. The van der Waals surface area contributed by atoms with E-state index in [1.807, 2.05) is 0 Å². The van der Waals surface area contributed by atoms with Crippen LogP contribution in [-0.4, -0.2) is 25.0 Å². The van der Waals surface area contributed by atoms with E-state index in [-0.39, 0.29) is 22.6 Å². The van der Waals surface area contributed by atoms with E-state index in [0.29, 0.717) is 10.4 Å². The number of halogens is 3. The van der Waals surface area contributed by atoms with Crippen molar-refractivity contribution in [1.82, 2.24) is 25.0 Å². The highest BCUT2D eigenvalue weighted by molar-refractivity contribution is 7.98. The molecule has 0 amide bonds. The molecular formula is C10H7F3N6O2S. The van der Waals surface area contributed by atoms with E-state index in [9.17, 15) is 13.2 Å². The Morgan fingerprint density at radius 1 is 1.32 bits per heavy atom. The number of rotatable bonds is 4. The van der Waals surface area contributed by atoms with Crippen LogP contribution in [0.5, 0.6) is 0 Å². The van der Waals surface area contributed by atoms with Crippen molar-refractivity contribution in [3.63, 3.8) is 0 Å². The second kappa shape index (κ2) is 5.36. The van der Waals surface area contributed by atoms with Crippen LogP contribution in [0.2, 0.25) is 0 Å². The number of hydrogen-bond acceptors (Lipinski definition) is 8. The Hall–Kier alpha value is -2.50. The number of nitrogen functional groups attached to an aromatic ring is 1. The van der Waals surface area contributed by atoms with Crippen molar-refractivity contribution in [3.05, 3.63) is 30.1 Å². The predicted octanol–water partition coefficient (Wildman–Crippen LogP) is 1.95. The minimum atomic E-state index is -4.67. The van der Waals surface area contributed by atoms with Gasteiger partial charge >= 0.3 is 6.18 Å². The molecule has 12 heteroatoms. The van der Waals surface area contributed by atoms with Crippen LogP contribution in [0.4, 0.5) is 13.2 Å². The van der Waals surface area contributed by atoms with Crippen molar-refractivity contribution >= 4 is 11.8 Å². The first kappa shape index (κ1) is 14.4. The van der Waals surface area contributed by atoms with Gasteiger partial charge in [0.05, 0.1) is 12.0 Å². The summed E-state index contributed by atoms with van der Waals surface area (Å²) in [6.07, 6.45) is -3.22. The third-order valence-corrected chi connectivity index (χ3v) is 3.38. The van der Waals surface area contributed by atoms with Gasteiger partial charge in [0, 0.05) is 0 Å². The maximum Gasteiger partial charge on any atom is 0.453 e. The molecule has 0 aliphatic carbocycles. The molecule has 2 N–H and O–H groups in total. The van der Waals surface area contributed by atoms with Gasteiger partial charge in [0.2, 0.25) is 16.9 Å². The predicted molar refractivity (Wildman–Crippen MR) is 66.7 cm³/mol. The summed E-state index contributed by atoms with van der Waals surface area (Å²) in [5, 5.41) is 9.95. The van der Waals surface area contributed by atoms with Gasteiger partial charge in [-0.25, -0.2) is 4.68 Å². The van der Waals surface area contributed by atoms with E-state index < -0.39 is 12.0 Å². The molecule has 0 saturated carbocycles. The molecule has 0 saturated heterocycles. The average molecular weight is 332 g/mol. The van der Waals surface area contributed by atoms with Crippen LogP contribution < -0.4 is 5.84 Å². The fourth-order valence-electron chi connectivity index (χ4n) is 1.51. The monoisotopic (exact) mass is 332 g/mol. The Morgan fingerprint density at radius 2 is 2.14 bits per heavy atom. The molecule has 3 rings (SSSR count). The van der Waals surface area contributed by atoms with Crippen LogP contribution in [0, 0.1) is 0 Å². The summed E-state index contributed by atoms with van der Waals surface area (Å²) in [6, 6.07) is 3.31. The molecule has 116 valence electrons. The average Bonchev–Trinajstić information content (AvgIpc) is 3.16. The maximum absolute atomic E-state index is 12.5. The summed E-state index contributed by atoms with van der Waals surface area (Å²) in [5.41, 5.74) is 0. The Balaban J connectivity index is 1.70. The van der Waals surface area contributed by atoms with E-state index >= 15 is 0 Å². The van der Waals surface area contributed by atoms with Gasteiger partial charge in [-0.2, -0.15) is 18.2 Å². The van der Waals surface area contributed by atoms with E-state index in [4.69, 9.17) is 14.8 Å². The Bertz CT molecular complexity index is 766. The Morgan fingerprint density at radius 3 is 2.77 bits per heavy atom. The number of nitrogens with two attached hydrogens (primary N) is 1. The number of hydrogen-bond donors (Lipinski definition) is 1. The zero-order chi connectivity index (χ0) is 15.7. The topological polar surface area (TPSA) is 109 Å². The number of nitrogens with zero attached hydrogens (tertiary/aromatic N) is 5. The summed E-state index contributed by atoms with van der Waals surface area (Å²) in [7, 11) is 0. The molecular weight excluding hydrogens is 325 g/mol. The maximum atomic E-state index is 12.5. The van der Waals surface area contributed by atoms with Crippen LogP contribution in [0.3, 0.4) is 0 Å². The largest absolute Gasteiger partial charge is 0.461 e. The molecule has 22 heavy (non-hydrogen) atoms. The van der Waals surface area contributed by atoms with Gasteiger partial charge in [0.25, 0.3) is 5.82 Å². The van der Waals surface area contributed by atoms with Crippen LogP contribution in [0.1, 0.15) is 11.7 Å². The van der Waals surface area contributed by atoms with Gasteiger partial charge < -0.3 is 14.8 Å². The lowest BCUT2D eigenvalue weighted by Gasteiger charge is -2.05. The molecule has 0 fully saturated rings. The smallest absolute Gasteiger partial charge is 0.453 e. The molecule has 8 nitrogen and oxygen atoms in total. The standard InChI is InChI=1S/C10H7F3N6O2S/c11-10(12,13)8-16-17-9(19(8)14)22-4-6-15-7(18-21-6)5-2-1-3-20-5/h1-3H,4,14H2. The summed E-state index contributed by atoms with van der Waals surface area (Å²) in [6.45, 7) is 0. The molecule has 0 unspecified atom stereocenters. The molecule has 0 spiro atoms. The molecule has 0 bridgehead atoms. The zero-order valence-electron chi connectivity index (χ0n) is 10.6. The van der Waals surface area contributed by atoms with Gasteiger partial charge in [0.1, 0.15) is 0 Å². The summed E-state index contributed by atoms with van der Waals surface area (Å²) in [5.74, 6) is 4.96. The zero-order valence-corrected chi connectivity index (χ0v) is 11.4. The highest BCUT2D eigenvalue weighted by Crippen LogP contribution is 2.29. The van der Waals surface area contributed by atoms with Gasteiger partial charge in [0.15, 0.2) is 5.76 Å². The third kappa shape index (κ3) is 2.77. The molecule has 0 aliphatic rings. The van der Waals surface area contributed by atoms with Crippen molar-refractivity contribution < 1.29 is 22.1 Å². The molecule has 3 heterocycles. The quantitative estimate of drug-likeness (QED) is 0.570. The molecule has 0 aromatic carbocycles. The molecule has 0 atom stereocenters. The van der Waals surface area contributed by atoms with Crippen molar-refractivity contribution in [2.45, 2.75) is 17.1 Å². The Labute approximate surface area is 124 Å². The summed E-state index contributed by atoms with van der Waals surface area (Å²) >= 11 is 0.885. The van der Waals surface area contributed by atoms with Crippen molar-refractivity contribution in [3.8, 4) is 11.6 Å². The van der Waals surface area contributed by atoms with E-state index in [1.165, 1.54) is 6.26 Å². The molecule has 3 aromatic heterocycles. The van der Waals surface area contributed by atoms with E-state index in [2.05, 4.69) is 20.3 Å². The number of aromatic nitrogens is 5. The lowest BCUT2D eigenvalue weighted by molar-refractivity contribution is -0.146. The molecule has 3 aromatic rings. The normalized spacial score (nSPS) is 12.0. The summed E-state index contributed by atoms with van der Waals surface area (Å²) in [4.78, 5) is 4.04. The lowest BCUT2D eigenvalue weighted by Crippen LogP contribution is -2.21. The van der Waals surface area contributed by atoms with Gasteiger partial charge in [-0.1, -0.05) is 16.9 Å². The van der Waals surface area contributed by atoms with Crippen LogP contribution in [-0.2, 0) is 11.9 Å². The summed E-state index contributed by atoms with van der Waals surface area (Å²) < 4.78 is 48.0. The van der Waals surface area contributed by atoms with Crippen molar-refractivity contribution in [1.29, 1.82) is 0 Å². The first-order chi connectivity index (χ1) is 10.4. The van der Waals surface area contributed by atoms with Crippen LogP contribution >= 0.6 is 11.8 Å². The van der Waals surface area contributed by atoms with Crippen LogP contribution in [0.25, 0.3) is 11.6 Å². The van der Waals surface area contributed by atoms with Crippen molar-refractivity contribution in [2.24, 2.45) is 0 Å². The first-order valence-corrected chi connectivity index (χ1v) is 6.70. The first-order valence-electron chi connectivity index (χ1n) is 5.72. The number of thioether (sulfide) groups is 1. The second-order valence-corrected chi connectivity index (χ2v) is 4.89. The highest BCUT2D eigenvalue weighted by atomic mass is 32.2. The van der Waals surface area contributed by atoms with Gasteiger partial charge in [-0.05, 0) is 12.1 Å². The SMILES string of the molecule is Nn1c(SCc2nc(-c3ccco3)no2)nnc1C(F)(F)F. The fraction of sp³-hybridized carbons (Fsp3) is 0.200. The lowest BCUT2D eigenvalue weighted by atomic mass is 10.4. The van der Waals surface area contributed by atoms with Gasteiger partial charge in [-0.3, -0.25) is 0 Å².